The summed E-state index contributed by atoms with van der Waals surface area (Å²) in [5.41, 5.74) is 5.89. The first-order chi connectivity index (χ1) is 23.3. The third-order valence-electron chi connectivity index (χ3n) is 9.49. The summed E-state index contributed by atoms with van der Waals surface area (Å²) >= 11 is 0. The Morgan fingerprint density at radius 3 is 2.34 bits per heavy atom. The molecule has 6 unspecified atom stereocenters. The number of hydrogen-bond donors (Lipinski definition) is 6. The molecule has 266 valence electrons. The van der Waals surface area contributed by atoms with Gasteiger partial charge >= 0.3 is 0 Å². The van der Waals surface area contributed by atoms with Crippen molar-refractivity contribution >= 4 is 35.6 Å². The zero-order valence-electron chi connectivity index (χ0n) is 27.6. The number of ether oxygens (including phenoxy) is 4. The number of amides is 1. The van der Waals surface area contributed by atoms with E-state index in [2.05, 4.69) is 10.5 Å². The summed E-state index contributed by atoms with van der Waals surface area (Å²) in [6.45, 7) is 3.08. The molecule has 1 fully saturated rings. The first-order valence-electron chi connectivity index (χ1n) is 15.6. The number of nitrogens with two attached hydrogens (primary N) is 1. The second-order valence-corrected chi connectivity index (χ2v) is 12.4. The van der Waals surface area contributed by atoms with E-state index in [1.807, 2.05) is 0 Å². The number of aliphatic hydroxyl groups is 2. The molecule has 1 heterocycles. The molecule has 2 aliphatic carbocycles. The van der Waals surface area contributed by atoms with Crippen LogP contribution in [-0.4, -0.2) is 88.0 Å². The monoisotopic (exact) mass is 711 g/mol. The van der Waals surface area contributed by atoms with Gasteiger partial charge in [-0.3, -0.25) is 14.4 Å². The molecule has 0 spiro atoms. The van der Waals surface area contributed by atoms with Crippen LogP contribution in [0.15, 0.2) is 47.6 Å². The Morgan fingerprint density at radius 1 is 1.02 bits per heavy atom. The van der Waals surface area contributed by atoms with Crippen LogP contribution < -0.4 is 20.6 Å². The van der Waals surface area contributed by atoms with E-state index in [1.54, 1.807) is 19.1 Å². The molecule has 0 saturated carbocycles. The molecule has 15 heteroatoms. The molecule has 1 aliphatic heterocycles. The number of nitrogens with one attached hydrogen (secondary N) is 1. The summed E-state index contributed by atoms with van der Waals surface area (Å²) in [7, 11) is 2.84. The summed E-state index contributed by atoms with van der Waals surface area (Å²) in [4.78, 5) is 40.6. The van der Waals surface area contributed by atoms with E-state index in [-0.39, 0.29) is 70.9 Å². The van der Waals surface area contributed by atoms with Gasteiger partial charge in [-0.1, -0.05) is 12.1 Å². The van der Waals surface area contributed by atoms with E-state index < -0.39 is 76.3 Å². The first kappa shape index (κ1) is 36.7. The van der Waals surface area contributed by atoms with Crippen molar-refractivity contribution < 1.29 is 53.8 Å². The number of fused-ring (bicyclic) bond motifs is 3. The summed E-state index contributed by atoms with van der Waals surface area (Å²) in [5, 5.41) is 50.1. The van der Waals surface area contributed by atoms with Crippen LogP contribution >= 0.6 is 12.4 Å². The van der Waals surface area contributed by atoms with E-state index in [0.29, 0.717) is 5.75 Å². The maximum absolute atomic E-state index is 13.9. The molecule has 7 N–H and O–H groups in total. The number of phenols is 2. The van der Waals surface area contributed by atoms with Crippen LogP contribution in [0.5, 0.6) is 23.0 Å². The van der Waals surface area contributed by atoms with Crippen LogP contribution in [-0.2, 0) is 15.9 Å². The van der Waals surface area contributed by atoms with Gasteiger partial charge in [0.2, 0.25) is 5.78 Å². The highest BCUT2D eigenvalue weighted by molar-refractivity contribution is 6.31. The van der Waals surface area contributed by atoms with Crippen molar-refractivity contribution in [3.05, 3.63) is 81.4 Å². The molecule has 1 saturated heterocycles. The topological polar surface area (TPSA) is 219 Å². The number of nitrogens with zero attached hydrogens (tertiary/aromatic N) is 1. The molecule has 50 heavy (non-hydrogen) atoms. The number of hydrazone groups is 1. The van der Waals surface area contributed by atoms with Crippen LogP contribution in [0.1, 0.15) is 86.1 Å². The standard InChI is InChI=1S/C35H37N3O11.ClH/c1-15-29(39)21(36)12-24(48-15)49-23-14-35(45,16(2)37-38-34(44)17-8-10-18(46-3)11-9-17)13-20-26(23)33(43)28-27(31(20)41)30(40)19-6-5-7-22(47-4)25(19)32(28)42;/h5-11,15,21,23-24,29,39,41,43,45H,12-14,36H2,1-4H3,(H,38,44);1H/b37-16+;. The van der Waals surface area contributed by atoms with E-state index in [4.69, 9.17) is 24.7 Å². The Morgan fingerprint density at radius 2 is 1.70 bits per heavy atom. The van der Waals surface area contributed by atoms with Crippen molar-refractivity contribution in [2.24, 2.45) is 10.8 Å². The Balaban J connectivity index is 0.00000486. The summed E-state index contributed by atoms with van der Waals surface area (Å²) < 4.78 is 22.6. The Bertz CT molecular complexity index is 1870. The number of aromatic hydroxyl groups is 2. The molecule has 0 bridgehead atoms. The lowest BCUT2D eigenvalue weighted by molar-refractivity contribution is -0.245. The third kappa shape index (κ3) is 6.19. The smallest absolute Gasteiger partial charge is 0.271 e. The number of methoxy groups -OCH3 is 2. The first-order valence-corrected chi connectivity index (χ1v) is 15.6. The van der Waals surface area contributed by atoms with Crippen LogP contribution in [0.25, 0.3) is 0 Å². The lowest BCUT2D eigenvalue weighted by Crippen LogP contribution is -2.52. The molecule has 3 aromatic carbocycles. The van der Waals surface area contributed by atoms with E-state index in [9.17, 15) is 34.8 Å². The van der Waals surface area contributed by atoms with Crippen molar-refractivity contribution in [1.29, 1.82) is 0 Å². The van der Waals surface area contributed by atoms with E-state index in [0.717, 1.165) is 0 Å². The highest BCUT2D eigenvalue weighted by Crippen LogP contribution is 2.52. The highest BCUT2D eigenvalue weighted by Gasteiger charge is 2.49. The van der Waals surface area contributed by atoms with Gasteiger partial charge in [-0.2, -0.15) is 5.10 Å². The SMILES string of the molecule is COc1ccc(C(=O)N/N=C(\C)C2(O)Cc3c(O)c4c(c(O)c3C(OC3CC(N)C(O)C(C)O3)C2)C(=O)c2c(OC)cccc2C4=O)cc1.Cl. The Kier molecular flexibility index (Phi) is 10.3. The maximum Gasteiger partial charge on any atom is 0.271 e. The zero-order chi connectivity index (χ0) is 35.4. The van der Waals surface area contributed by atoms with Crippen molar-refractivity contribution in [3.63, 3.8) is 0 Å². The van der Waals surface area contributed by atoms with Gasteiger partial charge in [-0.25, -0.2) is 5.43 Å². The lowest BCUT2D eigenvalue weighted by atomic mass is 9.71. The third-order valence-corrected chi connectivity index (χ3v) is 9.49. The molecular formula is C35H38ClN3O11. The molecule has 3 aromatic rings. The van der Waals surface area contributed by atoms with Crippen molar-refractivity contribution in [2.75, 3.05) is 14.2 Å². The number of hydrogen-bond acceptors (Lipinski definition) is 13. The molecule has 1 amide bonds. The van der Waals surface area contributed by atoms with Gasteiger partial charge in [-0.05, 0) is 44.2 Å². The summed E-state index contributed by atoms with van der Waals surface area (Å²) in [5.74, 6) is -2.62. The normalized spacial score (nSPS) is 25.8. The molecule has 14 nitrogen and oxygen atoms in total. The average Bonchev–Trinajstić information content (AvgIpc) is 3.09. The number of carbonyl (C=O) groups excluding carboxylic acids is 3. The average molecular weight is 712 g/mol. The number of rotatable bonds is 7. The maximum atomic E-state index is 13.9. The fraction of sp³-hybridized carbons (Fsp3) is 0.371. The molecule has 6 rings (SSSR count). The number of benzene rings is 3. The van der Waals surface area contributed by atoms with Crippen LogP contribution in [0, 0.1) is 0 Å². The van der Waals surface area contributed by atoms with Gasteiger partial charge in [0.15, 0.2) is 12.1 Å². The molecule has 3 aliphatic rings. The fourth-order valence-electron chi connectivity index (χ4n) is 6.71. The van der Waals surface area contributed by atoms with Gasteiger partial charge in [0.25, 0.3) is 5.91 Å². The Hall–Kier alpha value is -4.57. The van der Waals surface area contributed by atoms with Crippen LogP contribution in [0.2, 0.25) is 0 Å². The Labute approximate surface area is 293 Å². The molecule has 0 aromatic heterocycles. The summed E-state index contributed by atoms with van der Waals surface area (Å²) in [6, 6.07) is 10.0. The van der Waals surface area contributed by atoms with Gasteiger partial charge in [0, 0.05) is 47.6 Å². The molecular weight excluding hydrogens is 674 g/mol. The number of aliphatic hydroxyl groups excluding tert-OH is 1. The second kappa shape index (κ2) is 14.0. The van der Waals surface area contributed by atoms with Crippen LogP contribution in [0.3, 0.4) is 0 Å². The quantitative estimate of drug-likeness (QED) is 0.0926. The van der Waals surface area contributed by atoms with Crippen molar-refractivity contribution in [2.45, 2.75) is 69.4 Å². The minimum atomic E-state index is -1.91. The van der Waals surface area contributed by atoms with E-state index >= 15 is 0 Å². The van der Waals surface area contributed by atoms with Crippen molar-refractivity contribution in [1.82, 2.24) is 5.43 Å². The number of ketones is 2. The number of halogens is 1. The fourth-order valence-corrected chi connectivity index (χ4v) is 6.71. The second-order valence-electron chi connectivity index (χ2n) is 12.4. The van der Waals surface area contributed by atoms with Gasteiger partial charge in [0.05, 0.1) is 54.9 Å². The minimum Gasteiger partial charge on any atom is -0.507 e. The number of phenolic OH excluding ortho intramolecular Hbond substituents is 2. The lowest BCUT2D eigenvalue weighted by Gasteiger charge is -2.42. The van der Waals surface area contributed by atoms with E-state index in [1.165, 1.54) is 51.5 Å². The largest absolute Gasteiger partial charge is 0.507 e. The molecule has 0 radical (unpaired) electrons. The molecule has 6 atom stereocenters. The summed E-state index contributed by atoms with van der Waals surface area (Å²) in [6.07, 6.45) is -4.60. The predicted octanol–water partition coefficient (Wildman–Crippen LogP) is 2.68. The van der Waals surface area contributed by atoms with Gasteiger partial charge in [-0.15, -0.1) is 12.4 Å². The van der Waals surface area contributed by atoms with Crippen molar-refractivity contribution in [3.8, 4) is 23.0 Å². The van der Waals surface area contributed by atoms with Crippen LogP contribution in [0.4, 0.5) is 0 Å². The minimum absolute atomic E-state index is 0. The van der Waals surface area contributed by atoms with Gasteiger partial charge in [0.1, 0.15) is 28.6 Å². The number of carbonyl (C=O) groups is 3. The predicted molar refractivity (Wildman–Crippen MR) is 180 cm³/mol. The zero-order valence-corrected chi connectivity index (χ0v) is 28.4. The van der Waals surface area contributed by atoms with Gasteiger partial charge < -0.3 is 45.1 Å². The highest BCUT2D eigenvalue weighted by atomic mass is 35.5.